The Morgan fingerprint density at radius 3 is 2.54 bits per heavy atom. The molecule has 0 radical (unpaired) electrons. The number of halogens is 2. The molecule has 0 saturated carbocycles. The summed E-state index contributed by atoms with van der Waals surface area (Å²) in [6.45, 7) is 7.38. The Balaban J connectivity index is 1.29. The molecular formula is C26H34ClFN7O2+. The van der Waals surface area contributed by atoms with Crippen molar-refractivity contribution < 1.29 is 18.6 Å². The normalized spacial score (nSPS) is 22.7. The number of H-pyrrole nitrogens is 1. The number of aromatic nitrogens is 4. The van der Waals surface area contributed by atoms with E-state index in [1.54, 1.807) is 6.07 Å². The Hall–Kier alpha value is -2.79. The van der Waals surface area contributed by atoms with Gasteiger partial charge in [0.1, 0.15) is 30.0 Å². The van der Waals surface area contributed by atoms with Crippen LogP contribution in [0.5, 0.6) is 0 Å². The van der Waals surface area contributed by atoms with Gasteiger partial charge in [0.05, 0.1) is 32.2 Å². The second-order valence-corrected chi connectivity index (χ2v) is 10.4. The average Bonchev–Trinajstić information content (AvgIpc) is 3.33. The van der Waals surface area contributed by atoms with Crippen LogP contribution in [-0.2, 0) is 9.57 Å². The van der Waals surface area contributed by atoms with Crippen molar-refractivity contribution in [2.75, 3.05) is 44.0 Å². The smallest absolute Gasteiger partial charge is 0.229 e. The first-order chi connectivity index (χ1) is 17.9. The number of ether oxygens (including phenoxy) is 1. The fraction of sp³-hybridized carbons (Fsp3) is 0.500. The second-order valence-electron chi connectivity index (χ2n) is 9.96. The number of hydrogen-bond acceptors (Lipinski definition) is 7. The van der Waals surface area contributed by atoms with Gasteiger partial charge in [-0.25, -0.2) is 14.2 Å². The Kier molecular flexibility index (Phi) is 7.62. The van der Waals surface area contributed by atoms with Crippen LogP contribution in [0.1, 0.15) is 48.4 Å². The summed E-state index contributed by atoms with van der Waals surface area (Å²) in [5, 5.41) is 13.4. The van der Waals surface area contributed by atoms with Gasteiger partial charge in [-0.05, 0) is 43.0 Å². The summed E-state index contributed by atoms with van der Waals surface area (Å²) in [4.78, 5) is 14.7. The Labute approximate surface area is 221 Å². The monoisotopic (exact) mass is 530 g/mol. The van der Waals surface area contributed by atoms with E-state index < -0.39 is 0 Å². The standard InChI is InChI=1S/C26H34ClFN7O2/c1-16-12-23(30-26-29-15-21(27)25(32-26)31-24-13-17(2)33-34-24)22(28)14-20(16)18-4-8-35(36-3,9-5-18)19-6-10-37-11-7-19/h12-15,18-19H,4-11H2,1-3H3,(H3,29,30,31,32,33,34)/q+1. The highest BCUT2D eigenvalue weighted by atomic mass is 35.5. The van der Waals surface area contributed by atoms with Crippen LogP contribution in [0.3, 0.4) is 0 Å². The molecular weight excluding hydrogens is 497 g/mol. The van der Waals surface area contributed by atoms with E-state index in [0.29, 0.717) is 39.0 Å². The molecule has 3 N–H and O–H groups in total. The van der Waals surface area contributed by atoms with Gasteiger partial charge in [0.25, 0.3) is 0 Å². The van der Waals surface area contributed by atoms with Crippen LogP contribution in [0.25, 0.3) is 0 Å². The number of quaternary nitrogens is 1. The summed E-state index contributed by atoms with van der Waals surface area (Å²) >= 11 is 6.26. The third-order valence-electron chi connectivity index (χ3n) is 7.67. The van der Waals surface area contributed by atoms with Crippen LogP contribution in [0.4, 0.5) is 27.7 Å². The molecule has 0 aliphatic carbocycles. The zero-order valence-electron chi connectivity index (χ0n) is 21.5. The average molecular weight is 531 g/mol. The molecule has 1 aromatic carbocycles. The SMILES string of the molecule is CO[N+]1(C2CCOCC2)CCC(c2cc(F)c(Nc3ncc(Cl)c(Nc4cc(C)[nH]n4)n3)cc2C)CC1. The number of hydroxylamine groups is 3. The number of nitrogens with one attached hydrogen (secondary N) is 3. The predicted octanol–water partition coefficient (Wildman–Crippen LogP) is 5.53. The molecule has 0 amide bonds. The highest BCUT2D eigenvalue weighted by molar-refractivity contribution is 6.32. The molecule has 0 unspecified atom stereocenters. The minimum atomic E-state index is -0.334. The van der Waals surface area contributed by atoms with Crippen LogP contribution in [0.2, 0.25) is 5.02 Å². The Bertz CT molecular complexity index is 1240. The molecule has 3 aromatic rings. The fourth-order valence-corrected chi connectivity index (χ4v) is 5.78. The summed E-state index contributed by atoms with van der Waals surface area (Å²) in [6, 6.07) is 5.79. The summed E-state index contributed by atoms with van der Waals surface area (Å²) in [7, 11) is 1.82. The number of hydrogen-bond donors (Lipinski definition) is 3. The van der Waals surface area contributed by atoms with Crippen molar-refractivity contribution in [1.29, 1.82) is 0 Å². The van der Waals surface area contributed by atoms with Gasteiger partial charge in [-0.1, -0.05) is 11.6 Å². The van der Waals surface area contributed by atoms with Gasteiger partial charge in [-0.3, -0.25) is 5.10 Å². The number of piperidine rings is 1. The maximum atomic E-state index is 15.3. The number of aromatic amines is 1. The molecule has 2 aromatic heterocycles. The predicted molar refractivity (Wildman–Crippen MR) is 141 cm³/mol. The first-order valence-corrected chi connectivity index (χ1v) is 13.1. The minimum absolute atomic E-state index is 0.238. The van der Waals surface area contributed by atoms with Gasteiger partial charge in [0.2, 0.25) is 5.95 Å². The topological polar surface area (TPSA) is 97.0 Å². The van der Waals surface area contributed by atoms with E-state index >= 15 is 4.39 Å². The van der Waals surface area contributed by atoms with Crippen molar-refractivity contribution in [2.45, 2.75) is 51.5 Å². The van der Waals surface area contributed by atoms with E-state index in [2.05, 4.69) is 30.8 Å². The van der Waals surface area contributed by atoms with E-state index in [-0.39, 0.29) is 11.8 Å². The van der Waals surface area contributed by atoms with Gasteiger partial charge in [-0.15, -0.1) is 0 Å². The maximum Gasteiger partial charge on any atom is 0.229 e. The van der Waals surface area contributed by atoms with Crippen LogP contribution in [0.15, 0.2) is 24.4 Å². The fourth-order valence-electron chi connectivity index (χ4n) is 5.64. The van der Waals surface area contributed by atoms with Gasteiger partial charge >= 0.3 is 0 Å². The molecule has 0 atom stereocenters. The highest BCUT2D eigenvalue weighted by Gasteiger charge is 2.43. The van der Waals surface area contributed by atoms with Crippen LogP contribution in [-0.4, -0.2) is 64.3 Å². The molecule has 4 heterocycles. The lowest BCUT2D eigenvalue weighted by molar-refractivity contribution is -1.12. The van der Waals surface area contributed by atoms with Gasteiger partial charge in [-0.2, -0.15) is 14.7 Å². The summed E-state index contributed by atoms with van der Waals surface area (Å²) < 4.78 is 21.5. The van der Waals surface area contributed by atoms with E-state index in [1.807, 2.05) is 33.1 Å². The zero-order valence-corrected chi connectivity index (χ0v) is 22.2. The summed E-state index contributed by atoms with van der Waals surface area (Å²) in [6.07, 6.45) is 5.44. The van der Waals surface area contributed by atoms with Crippen molar-refractivity contribution >= 4 is 34.9 Å². The highest BCUT2D eigenvalue weighted by Crippen LogP contribution is 2.38. The molecule has 2 aliphatic rings. The summed E-state index contributed by atoms with van der Waals surface area (Å²) in [5.74, 6) is 1.16. The first kappa shape index (κ1) is 25.8. The molecule has 9 nitrogen and oxygen atoms in total. The van der Waals surface area contributed by atoms with E-state index in [9.17, 15) is 0 Å². The van der Waals surface area contributed by atoms with Gasteiger partial charge in [0.15, 0.2) is 11.6 Å². The number of likely N-dealkylation sites (tertiary alicyclic amines) is 1. The number of anilines is 4. The number of aryl methyl sites for hydroxylation is 2. The lowest BCUT2D eigenvalue weighted by atomic mass is 9.85. The van der Waals surface area contributed by atoms with Crippen molar-refractivity contribution in [3.8, 4) is 0 Å². The van der Waals surface area contributed by atoms with Gasteiger partial charge < -0.3 is 15.4 Å². The van der Waals surface area contributed by atoms with E-state index in [1.165, 1.54) is 6.20 Å². The maximum absolute atomic E-state index is 15.3. The molecule has 2 saturated heterocycles. The number of nitrogens with zero attached hydrogens (tertiary/aromatic N) is 4. The Morgan fingerprint density at radius 2 is 1.86 bits per heavy atom. The van der Waals surface area contributed by atoms with Crippen LogP contribution >= 0.6 is 11.6 Å². The lowest BCUT2D eigenvalue weighted by Gasteiger charge is -2.46. The van der Waals surface area contributed by atoms with E-state index in [0.717, 1.165) is 68.8 Å². The zero-order chi connectivity index (χ0) is 26.0. The first-order valence-electron chi connectivity index (χ1n) is 12.8. The van der Waals surface area contributed by atoms with E-state index in [4.69, 9.17) is 21.2 Å². The molecule has 37 heavy (non-hydrogen) atoms. The molecule has 0 bridgehead atoms. The number of benzene rings is 1. The van der Waals surface area contributed by atoms with Crippen molar-refractivity contribution in [2.24, 2.45) is 0 Å². The Morgan fingerprint density at radius 1 is 1.11 bits per heavy atom. The molecule has 11 heteroatoms. The summed E-state index contributed by atoms with van der Waals surface area (Å²) in [5.41, 5.74) is 3.32. The molecule has 2 aliphatic heterocycles. The third-order valence-corrected chi connectivity index (χ3v) is 7.95. The third kappa shape index (κ3) is 5.57. The molecule has 5 rings (SSSR count). The quantitative estimate of drug-likeness (QED) is 0.345. The molecule has 198 valence electrons. The lowest BCUT2D eigenvalue weighted by Crippen LogP contribution is -2.59. The van der Waals surface area contributed by atoms with Crippen molar-refractivity contribution in [1.82, 2.24) is 20.2 Å². The largest absolute Gasteiger partial charge is 0.381 e. The second kappa shape index (κ2) is 10.9. The van der Waals surface area contributed by atoms with Crippen molar-refractivity contribution in [3.05, 3.63) is 52.1 Å². The number of rotatable bonds is 7. The van der Waals surface area contributed by atoms with Crippen LogP contribution < -0.4 is 10.6 Å². The van der Waals surface area contributed by atoms with Gasteiger partial charge in [0, 0.05) is 37.4 Å². The molecule has 2 fully saturated rings. The van der Waals surface area contributed by atoms with Crippen molar-refractivity contribution in [3.63, 3.8) is 0 Å². The molecule has 0 spiro atoms. The minimum Gasteiger partial charge on any atom is -0.381 e. The van der Waals surface area contributed by atoms with Crippen LogP contribution in [0, 0.1) is 19.7 Å².